The van der Waals surface area contributed by atoms with Gasteiger partial charge in [-0.3, -0.25) is 9.59 Å². The highest BCUT2D eigenvalue weighted by molar-refractivity contribution is 5.91. The maximum absolute atomic E-state index is 11.3. The number of ether oxygens (including phenoxy) is 1. The molecule has 0 aromatic heterocycles. The summed E-state index contributed by atoms with van der Waals surface area (Å²) in [6.07, 6.45) is 0.0149. The van der Waals surface area contributed by atoms with Crippen molar-refractivity contribution in [2.75, 3.05) is 7.11 Å². The zero-order chi connectivity index (χ0) is 11.9. The lowest BCUT2D eigenvalue weighted by Crippen LogP contribution is -2.53. The molecule has 16 heavy (non-hydrogen) atoms. The Bertz CT molecular complexity index is 410. The Kier molecular flexibility index (Phi) is 1.51. The van der Waals surface area contributed by atoms with Crippen LogP contribution in [-0.2, 0) is 14.3 Å². The van der Waals surface area contributed by atoms with Crippen LogP contribution in [0.1, 0.15) is 6.42 Å². The number of hydrogen-bond donors (Lipinski definition) is 3. The van der Waals surface area contributed by atoms with Crippen LogP contribution in [0.5, 0.6) is 0 Å². The van der Waals surface area contributed by atoms with E-state index in [2.05, 4.69) is 0 Å². The smallest absolute Gasteiger partial charge is 0.324 e. The first-order valence-corrected chi connectivity index (χ1v) is 5.20. The summed E-state index contributed by atoms with van der Waals surface area (Å²) in [4.78, 5) is 22.5. The van der Waals surface area contributed by atoms with Crippen LogP contribution in [0, 0.1) is 23.2 Å². The third-order valence-electron chi connectivity index (χ3n) is 4.88. The molecule has 6 nitrogen and oxygen atoms in total. The number of nitrogens with two attached hydrogens (primary N) is 1. The molecule has 4 rings (SSSR count). The fourth-order valence-electron chi connectivity index (χ4n) is 4.31. The Balaban J connectivity index is 2.08. The van der Waals surface area contributed by atoms with Crippen LogP contribution in [0.4, 0.5) is 0 Å². The molecule has 0 aromatic rings. The molecule has 0 heterocycles. The van der Waals surface area contributed by atoms with Crippen LogP contribution < -0.4 is 5.73 Å². The molecule has 0 aliphatic heterocycles. The lowest BCUT2D eigenvalue weighted by Gasteiger charge is -2.25. The Labute approximate surface area is 91.4 Å². The van der Waals surface area contributed by atoms with Crippen molar-refractivity contribution in [1.82, 2.24) is 0 Å². The monoisotopic (exact) mass is 227 g/mol. The first-order chi connectivity index (χ1) is 7.42. The minimum atomic E-state index is -1.41. The van der Waals surface area contributed by atoms with E-state index in [1.165, 1.54) is 7.11 Å². The van der Waals surface area contributed by atoms with E-state index < -0.39 is 28.8 Å². The molecule has 0 radical (unpaired) electrons. The zero-order valence-corrected chi connectivity index (χ0v) is 8.71. The topological polar surface area (TPSA) is 110 Å². The maximum atomic E-state index is 11.3. The van der Waals surface area contributed by atoms with E-state index >= 15 is 0 Å². The highest BCUT2D eigenvalue weighted by Gasteiger charge is 2.92. The predicted molar refractivity (Wildman–Crippen MR) is 50.5 cm³/mol. The van der Waals surface area contributed by atoms with Crippen molar-refractivity contribution in [1.29, 1.82) is 0 Å². The van der Waals surface area contributed by atoms with Gasteiger partial charge in [-0.15, -0.1) is 0 Å². The van der Waals surface area contributed by atoms with E-state index in [4.69, 9.17) is 10.5 Å². The van der Waals surface area contributed by atoms with Crippen LogP contribution in [0.2, 0.25) is 0 Å². The molecule has 0 spiro atoms. The number of aliphatic carboxylic acids is 2. The van der Waals surface area contributed by atoms with Crippen molar-refractivity contribution in [2.24, 2.45) is 28.9 Å². The first-order valence-electron chi connectivity index (χ1n) is 5.20. The quantitative estimate of drug-likeness (QED) is 0.578. The summed E-state index contributed by atoms with van der Waals surface area (Å²) in [5.41, 5.74) is 3.57. The second kappa shape index (κ2) is 2.41. The number of hydrogen-bond acceptors (Lipinski definition) is 4. The van der Waals surface area contributed by atoms with Gasteiger partial charge in [-0.2, -0.15) is 0 Å². The summed E-state index contributed by atoms with van der Waals surface area (Å²) in [6, 6.07) is 0. The van der Waals surface area contributed by atoms with Gasteiger partial charge in [-0.1, -0.05) is 0 Å². The van der Waals surface area contributed by atoms with Crippen LogP contribution in [0.15, 0.2) is 0 Å². The van der Waals surface area contributed by atoms with Gasteiger partial charge in [0.1, 0.15) is 5.54 Å². The van der Waals surface area contributed by atoms with Gasteiger partial charge in [0.05, 0.1) is 11.5 Å². The van der Waals surface area contributed by atoms with Gasteiger partial charge in [-0.25, -0.2) is 0 Å². The Morgan fingerprint density at radius 3 is 2.38 bits per heavy atom. The Morgan fingerprint density at radius 1 is 1.38 bits per heavy atom. The molecule has 4 fully saturated rings. The Morgan fingerprint density at radius 2 is 2.00 bits per heavy atom. The van der Waals surface area contributed by atoms with Crippen molar-refractivity contribution in [2.45, 2.75) is 18.1 Å². The molecule has 4 aliphatic rings. The SMILES string of the molecule is COC1C2C3C2(C(=O)O)CC1[C@@]3(N)C(=O)O. The normalized spacial score (nSPS) is 56.4. The average Bonchev–Trinajstić information content (AvgIpc) is 2.51. The summed E-state index contributed by atoms with van der Waals surface area (Å²) in [5, 5.41) is 18.4. The fourth-order valence-corrected chi connectivity index (χ4v) is 4.31. The molecular weight excluding hydrogens is 214 g/mol. The van der Waals surface area contributed by atoms with Gasteiger partial charge in [0.2, 0.25) is 0 Å². The summed E-state index contributed by atoms with van der Waals surface area (Å²) >= 11 is 0. The van der Waals surface area contributed by atoms with Crippen LogP contribution in [0.3, 0.4) is 0 Å². The third kappa shape index (κ3) is 0.673. The minimum absolute atomic E-state index is 0.221. The van der Waals surface area contributed by atoms with Gasteiger partial charge in [0.15, 0.2) is 0 Å². The van der Waals surface area contributed by atoms with Crippen molar-refractivity contribution >= 4 is 11.9 Å². The van der Waals surface area contributed by atoms with Crippen LogP contribution in [0.25, 0.3) is 0 Å². The highest BCUT2D eigenvalue weighted by atomic mass is 16.5. The molecule has 4 N–H and O–H groups in total. The van der Waals surface area contributed by atoms with E-state index in [9.17, 15) is 19.8 Å². The van der Waals surface area contributed by atoms with Gasteiger partial charge in [-0.05, 0) is 6.42 Å². The molecule has 4 bridgehead atoms. The van der Waals surface area contributed by atoms with E-state index in [1.807, 2.05) is 0 Å². The molecule has 0 aromatic carbocycles. The molecule has 0 amide bonds. The molecular formula is C10H13NO5. The van der Waals surface area contributed by atoms with Gasteiger partial charge in [0.25, 0.3) is 0 Å². The number of carbonyl (C=O) groups is 2. The van der Waals surface area contributed by atoms with E-state index in [1.54, 1.807) is 0 Å². The summed E-state index contributed by atoms with van der Waals surface area (Å²) in [6.45, 7) is 0. The van der Waals surface area contributed by atoms with Gasteiger partial charge < -0.3 is 20.7 Å². The van der Waals surface area contributed by atoms with Crippen LogP contribution in [-0.4, -0.2) is 40.9 Å². The third-order valence-corrected chi connectivity index (χ3v) is 4.88. The molecule has 0 saturated heterocycles. The summed E-state index contributed by atoms with van der Waals surface area (Å²) in [7, 11) is 1.48. The number of carboxylic acids is 2. The van der Waals surface area contributed by atoms with E-state index in [-0.39, 0.29) is 17.9 Å². The van der Waals surface area contributed by atoms with Crippen molar-refractivity contribution in [3.63, 3.8) is 0 Å². The molecule has 4 saturated carbocycles. The standard InChI is InChI=1S/C10H13NO5/c1-16-5-3-2-9(7(12)13)4(5)6(9)10(3,11)8(14)15/h3-6H,2,11H2,1H3,(H,12,13)(H,14,15)/t3?,4?,5?,6?,9?,10-/m0/s1. The lowest BCUT2D eigenvalue weighted by atomic mass is 9.89. The second-order valence-corrected chi connectivity index (χ2v) is 5.10. The summed E-state index contributed by atoms with van der Waals surface area (Å²) < 4.78 is 5.23. The zero-order valence-electron chi connectivity index (χ0n) is 8.71. The minimum Gasteiger partial charge on any atom is -0.481 e. The first kappa shape index (κ1) is 10.0. The highest BCUT2D eigenvalue weighted by Crippen LogP contribution is 2.82. The summed E-state index contributed by atoms with van der Waals surface area (Å²) in [5.74, 6) is -3.10. The Hall–Kier alpha value is -1.14. The number of carboxylic acid groups (broad SMARTS) is 2. The largest absolute Gasteiger partial charge is 0.481 e. The van der Waals surface area contributed by atoms with Crippen molar-refractivity contribution < 1.29 is 24.5 Å². The number of methoxy groups -OCH3 is 1. The van der Waals surface area contributed by atoms with Crippen molar-refractivity contribution in [3.8, 4) is 0 Å². The molecule has 4 aliphatic carbocycles. The van der Waals surface area contributed by atoms with E-state index in [0.29, 0.717) is 6.42 Å². The molecule has 88 valence electrons. The molecule has 6 atom stereocenters. The maximum Gasteiger partial charge on any atom is 0.324 e. The predicted octanol–water partition coefficient (Wildman–Crippen LogP) is -0.866. The molecule has 6 heteroatoms. The fraction of sp³-hybridized carbons (Fsp3) is 0.800. The lowest BCUT2D eigenvalue weighted by molar-refractivity contribution is -0.146. The van der Waals surface area contributed by atoms with Gasteiger partial charge in [0, 0.05) is 24.9 Å². The second-order valence-electron chi connectivity index (χ2n) is 5.10. The number of rotatable bonds is 3. The van der Waals surface area contributed by atoms with Crippen LogP contribution >= 0.6 is 0 Å². The van der Waals surface area contributed by atoms with Gasteiger partial charge >= 0.3 is 11.9 Å². The van der Waals surface area contributed by atoms with E-state index in [0.717, 1.165) is 0 Å². The molecule has 5 unspecified atom stereocenters. The average molecular weight is 227 g/mol. The van der Waals surface area contributed by atoms with Crippen molar-refractivity contribution in [3.05, 3.63) is 0 Å².